The minimum atomic E-state index is -1.12. The smallest absolute Gasteiger partial charge is 0.870 e. The van der Waals surface area contributed by atoms with Gasteiger partial charge in [0.2, 0.25) is 0 Å². The van der Waals surface area contributed by atoms with Crippen molar-refractivity contribution in [2.45, 2.75) is 80.8 Å². The number of aryl methyl sites for hydroxylation is 2. The van der Waals surface area contributed by atoms with E-state index in [9.17, 15) is 28.0 Å². The predicted molar refractivity (Wildman–Crippen MR) is 144 cm³/mol. The Morgan fingerprint density at radius 2 is 1.23 bits per heavy atom. The van der Waals surface area contributed by atoms with Crippen molar-refractivity contribution in [3.63, 3.8) is 0 Å². The summed E-state index contributed by atoms with van der Waals surface area (Å²) in [5.74, 6) is -2.40. The maximum atomic E-state index is 13.6. The van der Waals surface area contributed by atoms with Crippen LogP contribution in [0.4, 0.5) is 8.78 Å². The molecule has 13 heteroatoms. The number of halogens is 2. The molecular weight excluding hydrogens is 525 g/mol. The molecule has 2 heterocycles. The molecule has 0 spiro atoms. The largest absolute Gasteiger partial charge is 1.00 e. The molecule has 0 amide bonds. The average molecular weight is 569 g/mol. The average Bonchev–Trinajstić information content (AvgIpc) is 2.76. The second-order valence-electron chi connectivity index (χ2n) is 9.48. The summed E-state index contributed by atoms with van der Waals surface area (Å²) in [5.41, 5.74) is -0.386. The van der Waals surface area contributed by atoms with Gasteiger partial charge in [-0.15, -0.1) is 0 Å². The third-order valence-electron chi connectivity index (χ3n) is 5.35. The Morgan fingerprint density at radius 1 is 0.875 bits per heavy atom. The molecule has 0 aromatic carbocycles. The van der Waals surface area contributed by atoms with Gasteiger partial charge in [-0.1, -0.05) is 35.1 Å². The molecule has 2 aromatic rings. The van der Waals surface area contributed by atoms with Gasteiger partial charge in [-0.3, -0.25) is 18.7 Å². The van der Waals surface area contributed by atoms with E-state index in [1.165, 1.54) is 19.9 Å². The van der Waals surface area contributed by atoms with Gasteiger partial charge < -0.3 is 20.8 Å². The molecule has 224 valence electrons. The van der Waals surface area contributed by atoms with Crippen LogP contribution in [0.15, 0.2) is 34.1 Å². The van der Waals surface area contributed by atoms with Crippen molar-refractivity contribution in [2.75, 3.05) is 6.61 Å². The van der Waals surface area contributed by atoms with E-state index in [4.69, 9.17) is 9.84 Å². The van der Waals surface area contributed by atoms with Gasteiger partial charge in [-0.05, 0) is 56.6 Å². The summed E-state index contributed by atoms with van der Waals surface area (Å²) in [4.78, 5) is 46.6. The third-order valence-corrected chi connectivity index (χ3v) is 5.35. The van der Waals surface area contributed by atoms with E-state index in [1.807, 2.05) is 27.7 Å². The molecule has 2 unspecified atom stereocenters. The van der Waals surface area contributed by atoms with Crippen LogP contribution in [-0.4, -0.2) is 43.7 Å². The van der Waals surface area contributed by atoms with Crippen molar-refractivity contribution >= 4 is 11.9 Å². The van der Waals surface area contributed by atoms with Crippen molar-refractivity contribution in [2.24, 2.45) is 11.8 Å². The van der Waals surface area contributed by atoms with E-state index >= 15 is 0 Å². The number of pyridine rings is 2. The summed E-state index contributed by atoms with van der Waals surface area (Å²) in [6.07, 6.45) is 2.78. The fraction of sp³-hybridized carbons (Fsp3) is 0.556. The molecule has 0 saturated heterocycles. The van der Waals surface area contributed by atoms with Gasteiger partial charge >= 0.3 is 30.8 Å². The van der Waals surface area contributed by atoms with Gasteiger partial charge in [-0.25, -0.2) is 18.4 Å². The summed E-state index contributed by atoms with van der Waals surface area (Å²) in [6.45, 7) is 12.5. The van der Waals surface area contributed by atoms with E-state index in [0.29, 0.717) is 6.42 Å². The number of hydrogen-bond acceptors (Lipinski definition) is 6. The Labute approximate surface area is 246 Å². The molecule has 0 aliphatic carbocycles. The number of carboxylic acids is 1. The molecule has 2 atom stereocenters. The van der Waals surface area contributed by atoms with Crippen molar-refractivity contribution in [1.82, 2.24) is 9.13 Å². The fourth-order valence-electron chi connectivity index (χ4n) is 3.51. The molecule has 0 fully saturated rings. The van der Waals surface area contributed by atoms with Gasteiger partial charge in [0.05, 0.1) is 6.61 Å². The monoisotopic (exact) mass is 568 g/mol. The molecule has 0 saturated carbocycles. The Kier molecular flexibility index (Phi) is 22.3. The number of aromatic nitrogens is 2. The zero-order valence-corrected chi connectivity index (χ0v) is 23.8. The number of carboxylic acid groups (broad SMARTS) is 1. The van der Waals surface area contributed by atoms with Crippen LogP contribution in [0.25, 0.3) is 0 Å². The summed E-state index contributed by atoms with van der Waals surface area (Å²) < 4.78 is 34.0. The first kappa shape index (κ1) is 44.2. The first-order valence-electron chi connectivity index (χ1n) is 11.8. The van der Waals surface area contributed by atoms with Crippen LogP contribution in [0.5, 0.6) is 0 Å². The van der Waals surface area contributed by atoms with Gasteiger partial charge in [0, 0.05) is 24.5 Å². The number of hydrogen-bond donors (Lipinski definition) is 1. The Balaban J connectivity index is -0.000000296. The van der Waals surface area contributed by atoms with Crippen LogP contribution in [0.3, 0.4) is 0 Å². The quantitative estimate of drug-likeness (QED) is 0.348. The van der Waals surface area contributed by atoms with Gasteiger partial charge in [0.25, 0.3) is 11.1 Å². The Bertz CT molecular complexity index is 1180. The number of esters is 1. The first-order valence-corrected chi connectivity index (χ1v) is 11.8. The minimum Gasteiger partial charge on any atom is -0.870 e. The van der Waals surface area contributed by atoms with Crippen LogP contribution < -0.4 is 30.0 Å². The zero-order valence-electron chi connectivity index (χ0n) is 23.8. The van der Waals surface area contributed by atoms with Crippen LogP contribution >= 0.6 is 0 Å². The standard InChI is InChI=1S/C14H20FNO3.C12H16FNO3.CH4.Li.2H2O/c1-5-19-14(18)12(6-9(2)3)16-8-11(15)10(4)7-13(16)17;1-7(2)4-10(12(16)17)14-6-9(13)8(3)5-11(14)15;;;;/h7-9,12H,5-6H2,1-4H3;5-7,10H,4H2,1-3H3,(H,16,17);1H4;;2*1H2/q;;;+1;;/p-1. The molecule has 0 aliphatic rings. The number of nitrogens with zero attached hydrogens (tertiary/aromatic N) is 2. The molecule has 2 aromatic heterocycles. The van der Waals surface area contributed by atoms with E-state index in [2.05, 4.69) is 0 Å². The maximum Gasteiger partial charge on any atom is 1.00 e. The second-order valence-corrected chi connectivity index (χ2v) is 9.48. The van der Waals surface area contributed by atoms with E-state index < -0.39 is 46.8 Å². The zero-order chi connectivity index (χ0) is 27.7. The summed E-state index contributed by atoms with van der Waals surface area (Å²) in [6, 6.07) is 0.521. The van der Waals surface area contributed by atoms with Crippen molar-refractivity contribution < 1.29 is 58.0 Å². The predicted octanol–water partition coefficient (Wildman–Crippen LogP) is 1.05. The number of aliphatic carboxylic acids is 1. The van der Waals surface area contributed by atoms with Crippen molar-refractivity contribution in [3.05, 3.63) is 68.0 Å². The van der Waals surface area contributed by atoms with Crippen LogP contribution in [0, 0.1) is 37.3 Å². The number of ether oxygens (including phenoxy) is 1. The molecule has 40 heavy (non-hydrogen) atoms. The fourth-order valence-corrected chi connectivity index (χ4v) is 3.51. The molecule has 2 rings (SSSR count). The third kappa shape index (κ3) is 13.0. The van der Waals surface area contributed by atoms with Crippen LogP contribution in [-0.2, 0) is 14.3 Å². The molecule has 10 nitrogen and oxygen atoms in total. The van der Waals surface area contributed by atoms with Crippen molar-refractivity contribution in [1.29, 1.82) is 0 Å². The SMILES string of the molecule is C.CCOC(=O)C(CC(C)C)n1cc(F)c(C)cc1=O.Cc1cc(=O)n(C(CC(C)C)C(=O)O)cc1F.O.[Li+].[OH-]. The topological polar surface area (TPSA) is 169 Å². The second kappa shape index (κ2) is 20.1. The molecule has 0 bridgehead atoms. The summed E-state index contributed by atoms with van der Waals surface area (Å²) in [5, 5.41) is 9.08. The minimum absolute atomic E-state index is 0. The molecular formula is C27H43F2LiN2O8. The normalized spacial score (nSPS) is 11.4. The Hall–Kier alpha value is -2.78. The summed E-state index contributed by atoms with van der Waals surface area (Å²) in [7, 11) is 0. The van der Waals surface area contributed by atoms with E-state index in [0.717, 1.165) is 27.6 Å². The molecule has 4 N–H and O–H groups in total. The van der Waals surface area contributed by atoms with Gasteiger partial charge in [0.1, 0.15) is 23.7 Å². The summed E-state index contributed by atoms with van der Waals surface area (Å²) >= 11 is 0. The van der Waals surface area contributed by atoms with Crippen molar-refractivity contribution in [3.8, 4) is 0 Å². The number of carbonyl (C=O) groups excluding carboxylic acids is 1. The number of carbonyl (C=O) groups is 2. The molecule has 0 aliphatic heterocycles. The van der Waals surface area contributed by atoms with Crippen LogP contribution in [0.2, 0.25) is 0 Å². The Morgan fingerprint density at radius 3 is 1.55 bits per heavy atom. The van der Waals surface area contributed by atoms with Crippen LogP contribution in [0.1, 0.15) is 78.1 Å². The number of rotatable bonds is 9. The first-order chi connectivity index (χ1) is 16.7. The van der Waals surface area contributed by atoms with Gasteiger partial charge in [0.15, 0.2) is 0 Å². The van der Waals surface area contributed by atoms with E-state index in [-0.39, 0.29) is 73.2 Å². The maximum absolute atomic E-state index is 13.6. The van der Waals surface area contributed by atoms with Gasteiger partial charge in [-0.2, -0.15) is 0 Å². The molecule has 0 radical (unpaired) electrons. The van der Waals surface area contributed by atoms with E-state index in [1.54, 1.807) is 6.92 Å².